The monoisotopic (exact) mass is 212 g/mol. The van der Waals surface area contributed by atoms with E-state index in [9.17, 15) is 4.39 Å². The summed E-state index contributed by atoms with van der Waals surface area (Å²) in [7, 11) is 1.37. The van der Waals surface area contributed by atoms with E-state index in [1.165, 1.54) is 7.11 Å². The van der Waals surface area contributed by atoms with Crippen LogP contribution in [0.15, 0.2) is 6.20 Å². The van der Waals surface area contributed by atoms with Crippen LogP contribution in [0.4, 0.5) is 10.3 Å². The van der Waals surface area contributed by atoms with Crippen LogP contribution < -0.4 is 15.8 Å². The third kappa shape index (κ3) is 2.15. The fourth-order valence-electron chi connectivity index (χ4n) is 1.53. The summed E-state index contributed by atoms with van der Waals surface area (Å²) >= 11 is 0. The van der Waals surface area contributed by atoms with E-state index in [0.29, 0.717) is 5.95 Å². The van der Waals surface area contributed by atoms with Crippen LogP contribution in [-0.2, 0) is 0 Å². The van der Waals surface area contributed by atoms with Crippen molar-refractivity contribution in [3.05, 3.63) is 12.0 Å². The normalized spacial score (nSPS) is 24.5. The lowest BCUT2D eigenvalue weighted by Gasteiger charge is -2.32. The SMILES string of the molecule is COc1nc(NC2CC(N)C2)ncc1F. The minimum Gasteiger partial charge on any atom is -0.479 e. The molecule has 1 aromatic heterocycles. The van der Waals surface area contributed by atoms with Crippen molar-refractivity contribution in [2.75, 3.05) is 12.4 Å². The largest absolute Gasteiger partial charge is 0.479 e. The van der Waals surface area contributed by atoms with E-state index in [0.717, 1.165) is 19.0 Å². The van der Waals surface area contributed by atoms with Gasteiger partial charge in [-0.15, -0.1) is 0 Å². The third-order valence-electron chi connectivity index (χ3n) is 2.41. The molecule has 0 aromatic carbocycles. The van der Waals surface area contributed by atoms with Crippen LogP contribution in [0.25, 0.3) is 0 Å². The van der Waals surface area contributed by atoms with E-state index >= 15 is 0 Å². The smallest absolute Gasteiger partial charge is 0.255 e. The molecule has 82 valence electrons. The van der Waals surface area contributed by atoms with Gasteiger partial charge in [0.2, 0.25) is 11.8 Å². The molecule has 0 radical (unpaired) electrons. The summed E-state index contributed by atoms with van der Waals surface area (Å²) in [6, 6.07) is 0.542. The van der Waals surface area contributed by atoms with E-state index in [2.05, 4.69) is 15.3 Å². The van der Waals surface area contributed by atoms with Gasteiger partial charge >= 0.3 is 0 Å². The lowest BCUT2D eigenvalue weighted by atomic mass is 9.88. The van der Waals surface area contributed by atoms with E-state index in [4.69, 9.17) is 10.5 Å². The minimum atomic E-state index is -0.562. The number of nitrogens with one attached hydrogen (secondary N) is 1. The fourth-order valence-corrected chi connectivity index (χ4v) is 1.53. The predicted molar refractivity (Wildman–Crippen MR) is 53.2 cm³/mol. The van der Waals surface area contributed by atoms with Gasteiger partial charge in [0, 0.05) is 12.1 Å². The Bertz CT molecular complexity index is 354. The summed E-state index contributed by atoms with van der Waals surface area (Å²) < 4.78 is 17.7. The van der Waals surface area contributed by atoms with Crippen molar-refractivity contribution in [1.29, 1.82) is 0 Å². The van der Waals surface area contributed by atoms with Gasteiger partial charge < -0.3 is 15.8 Å². The van der Waals surface area contributed by atoms with Crippen molar-refractivity contribution in [3.63, 3.8) is 0 Å². The van der Waals surface area contributed by atoms with Gasteiger partial charge in [0.1, 0.15) is 0 Å². The van der Waals surface area contributed by atoms with Crippen molar-refractivity contribution >= 4 is 5.95 Å². The lowest BCUT2D eigenvalue weighted by molar-refractivity contribution is 0.360. The summed E-state index contributed by atoms with van der Waals surface area (Å²) in [5.41, 5.74) is 5.64. The second-order valence-electron chi connectivity index (χ2n) is 3.62. The lowest BCUT2D eigenvalue weighted by Crippen LogP contribution is -2.44. The molecule has 0 spiro atoms. The molecule has 0 atom stereocenters. The molecule has 2 rings (SSSR count). The first-order valence-electron chi connectivity index (χ1n) is 4.77. The quantitative estimate of drug-likeness (QED) is 0.764. The molecule has 3 N–H and O–H groups in total. The van der Waals surface area contributed by atoms with E-state index < -0.39 is 5.82 Å². The van der Waals surface area contributed by atoms with Gasteiger partial charge in [-0.05, 0) is 12.8 Å². The average Bonchev–Trinajstić information content (AvgIpc) is 2.18. The molecule has 15 heavy (non-hydrogen) atoms. The number of hydrogen-bond donors (Lipinski definition) is 2. The van der Waals surface area contributed by atoms with Crippen molar-refractivity contribution < 1.29 is 9.13 Å². The molecule has 0 amide bonds. The Kier molecular flexibility index (Phi) is 2.68. The zero-order valence-electron chi connectivity index (χ0n) is 8.40. The van der Waals surface area contributed by atoms with Gasteiger partial charge in [0.15, 0.2) is 0 Å². The molecule has 0 saturated heterocycles. The van der Waals surface area contributed by atoms with Gasteiger partial charge in [-0.2, -0.15) is 9.37 Å². The molecule has 1 aliphatic rings. The molecule has 0 unspecified atom stereocenters. The molecular formula is C9H13FN4O. The summed E-state index contributed by atoms with van der Waals surface area (Å²) in [6.45, 7) is 0. The van der Waals surface area contributed by atoms with Crippen LogP contribution in [0.1, 0.15) is 12.8 Å². The first-order valence-corrected chi connectivity index (χ1v) is 4.77. The summed E-state index contributed by atoms with van der Waals surface area (Å²) in [6.07, 6.45) is 2.87. The van der Waals surface area contributed by atoms with Crippen molar-refractivity contribution in [2.45, 2.75) is 24.9 Å². The molecule has 5 nitrogen and oxygen atoms in total. The van der Waals surface area contributed by atoms with Crippen LogP contribution in [0.3, 0.4) is 0 Å². The highest BCUT2D eigenvalue weighted by Gasteiger charge is 2.26. The number of anilines is 1. The first-order chi connectivity index (χ1) is 7.19. The van der Waals surface area contributed by atoms with Gasteiger partial charge in [0.25, 0.3) is 5.88 Å². The molecule has 1 aliphatic carbocycles. The second kappa shape index (κ2) is 3.98. The van der Waals surface area contributed by atoms with Crippen molar-refractivity contribution in [3.8, 4) is 5.88 Å². The zero-order valence-corrected chi connectivity index (χ0v) is 8.40. The zero-order chi connectivity index (χ0) is 10.8. The van der Waals surface area contributed by atoms with Gasteiger partial charge in [0.05, 0.1) is 13.3 Å². The number of ether oxygens (including phenoxy) is 1. The maximum atomic E-state index is 13.0. The Morgan fingerprint density at radius 1 is 1.60 bits per heavy atom. The van der Waals surface area contributed by atoms with Crippen LogP contribution in [0.2, 0.25) is 0 Å². The molecule has 1 aromatic rings. The number of nitrogens with zero attached hydrogens (tertiary/aromatic N) is 2. The Morgan fingerprint density at radius 2 is 2.33 bits per heavy atom. The Hall–Kier alpha value is -1.43. The number of methoxy groups -OCH3 is 1. The van der Waals surface area contributed by atoms with Gasteiger partial charge in [-0.25, -0.2) is 4.98 Å². The average molecular weight is 212 g/mol. The number of aromatic nitrogens is 2. The van der Waals surface area contributed by atoms with E-state index in [1.807, 2.05) is 0 Å². The molecule has 1 saturated carbocycles. The van der Waals surface area contributed by atoms with Crippen LogP contribution in [0.5, 0.6) is 5.88 Å². The molecular weight excluding hydrogens is 199 g/mol. The molecule has 6 heteroatoms. The predicted octanol–water partition coefficient (Wildman–Crippen LogP) is 0.526. The van der Waals surface area contributed by atoms with Crippen molar-refractivity contribution in [2.24, 2.45) is 5.73 Å². The van der Waals surface area contributed by atoms with E-state index in [1.54, 1.807) is 0 Å². The summed E-state index contributed by atoms with van der Waals surface area (Å²) in [5.74, 6) is -0.227. The van der Waals surface area contributed by atoms with Gasteiger partial charge in [-0.3, -0.25) is 0 Å². The number of halogens is 1. The van der Waals surface area contributed by atoms with Crippen LogP contribution in [0, 0.1) is 5.82 Å². The maximum absolute atomic E-state index is 13.0. The van der Waals surface area contributed by atoms with Crippen LogP contribution in [-0.4, -0.2) is 29.2 Å². The standard InChI is InChI=1S/C9H13FN4O/c1-15-8-7(10)4-12-9(14-8)13-6-2-5(11)3-6/h4-6H,2-3,11H2,1H3,(H,12,13,14). The number of hydrogen-bond acceptors (Lipinski definition) is 5. The topological polar surface area (TPSA) is 73.1 Å². The summed E-state index contributed by atoms with van der Waals surface area (Å²) in [5, 5.41) is 3.06. The third-order valence-corrected chi connectivity index (χ3v) is 2.41. The van der Waals surface area contributed by atoms with Crippen LogP contribution >= 0.6 is 0 Å². The minimum absolute atomic E-state index is 0.0453. The Balaban J connectivity index is 2.02. The second-order valence-corrected chi connectivity index (χ2v) is 3.62. The molecule has 0 bridgehead atoms. The fraction of sp³-hybridized carbons (Fsp3) is 0.556. The molecule has 1 heterocycles. The molecule has 0 aliphatic heterocycles. The summed E-state index contributed by atoms with van der Waals surface area (Å²) in [4.78, 5) is 7.69. The molecule has 1 fully saturated rings. The maximum Gasteiger partial charge on any atom is 0.255 e. The van der Waals surface area contributed by atoms with Crippen molar-refractivity contribution in [1.82, 2.24) is 9.97 Å². The highest BCUT2D eigenvalue weighted by Crippen LogP contribution is 2.22. The number of nitrogens with two attached hydrogens (primary N) is 1. The Morgan fingerprint density at radius 3 is 2.93 bits per heavy atom. The van der Waals surface area contributed by atoms with E-state index in [-0.39, 0.29) is 18.0 Å². The highest BCUT2D eigenvalue weighted by atomic mass is 19.1. The highest BCUT2D eigenvalue weighted by molar-refractivity contribution is 5.30. The first kappa shape index (κ1) is 10.1. The number of rotatable bonds is 3. The Labute approximate surface area is 86.9 Å². The van der Waals surface area contributed by atoms with Gasteiger partial charge in [-0.1, -0.05) is 0 Å².